The van der Waals surface area contributed by atoms with Crippen molar-refractivity contribution in [2.45, 2.75) is 26.3 Å². The fourth-order valence-corrected chi connectivity index (χ4v) is 3.81. The summed E-state index contributed by atoms with van der Waals surface area (Å²) in [5.41, 5.74) is 1.46. The van der Waals surface area contributed by atoms with Crippen LogP contribution in [0.5, 0.6) is 0 Å². The van der Waals surface area contributed by atoms with Crippen molar-refractivity contribution in [3.05, 3.63) is 58.9 Å². The number of amides is 2. The monoisotopic (exact) mass is 459 g/mol. The Hall–Kier alpha value is -3.11. The molecule has 1 aromatic carbocycles. The van der Waals surface area contributed by atoms with Gasteiger partial charge in [-0.2, -0.15) is 14.6 Å². The smallest absolute Gasteiger partial charge is 0.270 e. The number of benzene rings is 1. The van der Waals surface area contributed by atoms with Crippen LogP contribution >= 0.6 is 11.8 Å². The first kappa shape index (κ1) is 22.1. The maximum absolute atomic E-state index is 13.4. The molecular weight excluding hydrogens is 437 g/mol. The van der Waals surface area contributed by atoms with Gasteiger partial charge in [0, 0.05) is 32.2 Å². The summed E-state index contributed by atoms with van der Waals surface area (Å²) < 4.78 is 16.5. The molecule has 0 atom stereocenters. The SMILES string of the molecule is Cc1cc(CNC(=O)c2cc(C(=O)NCC3CCN(Cl)CC3)n3ncnc3n2)ccc1F. The highest BCUT2D eigenvalue weighted by Gasteiger charge is 2.21. The van der Waals surface area contributed by atoms with Crippen molar-refractivity contribution in [3.63, 3.8) is 0 Å². The summed E-state index contributed by atoms with van der Waals surface area (Å²) in [6.07, 6.45) is 3.07. The lowest BCUT2D eigenvalue weighted by atomic mass is 9.98. The first-order valence-electron chi connectivity index (χ1n) is 10.3. The number of piperidine rings is 1. The van der Waals surface area contributed by atoms with E-state index < -0.39 is 5.91 Å². The van der Waals surface area contributed by atoms with Crippen molar-refractivity contribution in [2.75, 3.05) is 19.6 Å². The Balaban J connectivity index is 1.46. The van der Waals surface area contributed by atoms with Crippen molar-refractivity contribution < 1.29 is 14.0 Å². The van der Waals surface area contributed by atoms with Gasteiger partial charge in [0.05, 0.1) is 0 Å². The molecule has 1 saturated heterocycles. The average Bonchev–Trinajstić information content (AvgIpc) is 3.27. The molecule has 2 amide bonds. The number of rotatable bonds is 6. The number of nitrogens with one attached hydrogen (secondary N) is 2. The minimum atomic E-state index is -0.471. The third-order valence-electron chi connectivity index (χ3n) is 5.50. The Morgan fingerprint density at radius 1 is 1.19 bits per heavy atom. The summed E-state index contributed by atoms with van der Waals surface area (Å²) in [5.74, 6) is -0.650. The number of carbonyl (C=O) groups excluding carboxylic acids is 2. The zero-order valence-corrected chi connectivity index (χ0v) is 18.3. The average molecular weight is 460 g/mol. The first-order valence-corrected chi connectivity index (χ1v) is 10.7. The topological polar surface area (TPSA) is 105 Å². The van der Waals surface area contributed by atoms with Crippen LogP contribution in [0.4, 0.5) is 4.39 Å². The fraction of sp³-hybridized carbons (Fsp3) is 0.381. The quantitative estimate of drug-likeness (QED) is 0.547. The molecule has 32 heavy (non-hydrogen) atoms. The number of fused-ring (bicyclic) bond motifs is 1. The third-order valence-corrected chi connectivity index (χ3v) is 5.84. The van der Waals surface area contributed by atoms with Crippen LogP contribution in [0, 0.1) is 18.7 Å². The van der Waals surface area contributed by atoms with Crippen LogP contribution in [-0.2, 0) is 6.54 Å². The van der Waals surface area contributed by atoms with Crippen LogP contribution in [0.2, 0.25) is 0 Å². The van der Waals surface area contributed by atoms with E-state index in [-0.39, 0.29) is 35.4 Å². The Morgan fingerprint density at radius 3 is 2.72 bits per heavy atom. The van der Waals surface area contributed by atoms with Crippen molar-refractivity contribution in [1.82, 2.24) is 34.6 Å². The number of hydrogen-bond donors (Lipinski definition) is 2. The van der Waals surface area contributed by atoms with Crippen molar-refractivity contribution in [2.24, 2.45) is 5.92 Å². The van der Waals surface area contributed by atoms with Gasteiger partial charge < -0.3 is 10.6 Å². The summed E-state index contributed by atoms with van der Waals surface area (Å²) in [6, 6.07) is 6.02. The molecule has 0 saturated carbocycles. The molecule has 11 heteroatoms. The van der Waals surface area contributed by atoms with E-state index in [0.717, 1.165) is 31.5 Å². The van der Waals surface area contributed by atoms with E-state index >= 15 is 0 Å². The minimum Gasteiger partial charge on any atom is -0.350 e. The van der Waals surface area contributed by atoms with Crippen LogP contribution in [0.25, 0.3) is 5.78 Å². The molecule has 0 radical (unpaired) electrons. The molecule has 4 rings (SSSR count). The molecule has 168 valence electrons. The number of nitrogens with zero attached hydrogens (tertiary/aromatic N) is 5. The molecule has 1 aliphatic heterocycles. The summed E-state index contributed by atoms with van der Waals surface area (Å²) in [7, 11) is 0. The maximum atomic E-state index is 13.4. The van der Waals surface area contributed by atoms with Crippen LogP contribution in [0.3, 0.4) is 0 Å². The van der Waals surface area contributed by atoms with Crippen molar-refractivity contribution in [1.29, 1.82) is 0 Å². The molecule has 0 unspecified atom stereocenters. The second kappa shape index (κ2) is 9.58. The molecule has 3 heterocycles. The molecule has 1 fully saturated rings. The van der Waals surface area contributed by atoms with Gasteiger partial charge in [0.15, 0.2) is 0 Å². The van der Waals surface area contributed by atoms with Gasteiger partial charge in [-0.15, -0.1) is 0 Å². The molecule has 2 N–H and O–H groups in total. The lowest BCUT2D eigenvalue weighted by molar-refractivity contribution is 0.0934. The predicted molar refractivity (Wildman–Crippen MR) is 116 cm³/mol. The second-order valence-corrected chi connectivity index (χ2v) is 8.31. The Kier molecular flexibility index (Phi) is 6.61. The Morgan fingerprint density at radius 2 is 1.97 bits per heavy atom. The summed E-state index contributed by atoms with van der Waals surface area (Å²) >= 11 is 5.99. The largest absolute Gasteiger partial charge is 0.350 e. The molecule has 3 aromatic rings. The lowest BCUT2D eigenvalue weighted by Gasteiger charge is -2.27. The van der Waals surface area contributed by atoms with Crippen LogP contribution in [0.15, 0.2) is 30.6 Å². The van der Waals surface area contributed by atoms with Gasteiger partial charge in [0.25, 0.3) is 17.6 Å². The van der Waals surface area contributed by atoms with Gasteiger partial charge in [0.1, 0.15) is 23.5 Å². The van der Waals surface area contributed by atoms with Gasteiger partial charge in [-0.05, 0) is 54.7 Å². The minimum absolute atomic E-state index is 0.0462. The molecule has 1 aliphatic rings. The molecule has 0 bridgehead atoms. The van der Waals surface area contributed by atoms with Crippen LogP contribution in [0.1, 0.15) is 44.9 Å². The standard InChI is InChI=1S/C21H23ClFN7O2/c1-13-8-15(2-3-16(13)23)11-24-19(31)17-9-18(30-21(28-17)26-12-27-30)20(32)25-10-14-4-6-29(22)7-5-14/h2-3,8-9,12,14H,4-7,10-11H2,1H3,(H,24,31)(H,25,32). The van der Waals surface area contributed by atoms with E-state index in [2.05, 4.69) is 25.7 Å². The lowest BCUT2D eigenvalue weighted by Crippen LogP contribution is -2.36. The van der Waals surface area contributed by atoms with Gasteiger partial charge >= 0.3 is 0 Å². The number of carbonyl (C=O) groups is 2. The Labute approximate surface area is 189 Å². The van der Waals surface area contributed by atoms with E-state index in [9.17, 15) is 14.0 Å². The van der Waals surface area contributed by atoms with Crippen molar-refractivity contribution >= 4 is 29.4 Å². The van der Waals surface area contributed by atoms with E-state index in [1.807, 2.05) is 0 Å². The number of aromatic nitrogens is 4. The number of halogens is 2. The highest BCUT2D eigenvalue weighted by Crippen LogP contribution is 2.18. The van der Waals surface area contributed by atoms with Gasteiger partial charge in [-0.25, -0.2) is 13.8 Å². The summed E-state index contributed by atoms with van der Waals surface area (Å²) in [4.78, 5) is 33.8. The van der Waals surface area contributed by atoms with Crippen LogP contribution in [-0.4, -0.2) is 55.4 Å². The van der Waals surface area contributed by atoms with E-state index in [1.165, 1.54) is 23.0 Å². The molecule has 0 aliphatic carbocycles. The number of aryl methyl sites for hydroxylation is 1. The van der Waals surface area contributed by atoms with E-state index in [0.29, 0.717) is 18.0 Å². The fourth-order valence-electron chi connectivity index (χ4n) is 3.61. The van der Waals surface area contributed by atoms with E-state index in [1.54, 1.807) is 23.5 Å². The molecule has 0 spiro atoms. The molecular formula is C21H23ClFN7O2. The summed E-state index contributed by atoms with van der Waals surface area (Å²) in [5, 5.41) is 9.71. The van der Waals surface area contributed by atoms with Crippen LogP contribution < -0.4 is 10.6 Å². The normalized spacial score (nSPS) is 15.1. The predicted octanol–water partition coefficient (Wildman–Crippen LogP) is 2.10. The third kappa shape index (κ3) is 5.03. The second-order valence-electron chi connectivity index (χ2n) is 7.83. The van der Waals surface area contributed by atoms with E-state index in [4.69, 9.17) is 11.8 Å². The highest BCUT2D eigenvalue weighted by molar-refractivity contribution is 6.13. The summed E-state index contributed by atoms with van der Waals surface area (Å²) in [6.45, 7) is 3.92. The maximum Gasteiger partial charge on any atom is 0.270 e. The molecule has 2 aromatic heterocycles. The zero-order chi connectivity index (χ0) is 22.7. The number of hydrogen-bond acceptors (Lipinski definition) is 6. The first-order chi connectivity index (χ1) is 15.4. The Bertz CT molecular complexity index is 1140. The van der Waals surface area contributed by atoms with Crippen molar-refractivity contribution in [3.8, 4) is 0 Å². The zero-order valence-electron chi connectivity index (χ0n) is 17.5. The van der Waals surface area contributed by atoms with Gasteiger partial charge in [0.2, 0.25) is 0 Å². The van der Waals surface area contributed by atoms with Gasteiger partial charge in [-0.1, -0.05) is 12.1 Å². The highest BCUT2D eigenvalue weighted by atomic mass is 35.5. The van der Waals surface area contributed by atoms with Gasteiger partial charge in [-0.3, -0.25) is 9.59 Å². The molecule has 9 nitrogen and oxygen atoms in total.